The van der Waals surface area contributed by atoms with Gasteiger partial charge in [0.1, 0.15) is 5.52 Å². The van der Waals surface area contributed by atoms with Crippen molar-refractivity contribution in [1.82, 2.24) is 15.2 Å². The van der Waals surface area contributed by atoms with E-state index in [9.17, 15) is 9.18 Å². The van der Waals surface area contributed by atoms with Crippen LogP contribution < -0.4 is 10.1 Å². The molecule has 1 fully saturated rings. The Morgan fingerprint density at radius 2 is 2.19 bits per heavy atom. The molecule has 7 heteroatoms. The van der Waals surface area contributed by atoms with Gasteiger partial charge in [0.05, 0.1) is 12.8 Å². The van der Waals surface area contributed by atoms with Gasteiger partial charge in [0, 0.05) is 29.3 Å². The number of fused-ring (bicyclic) bond motifs is 1. The first-order valence-electron chi connectivity index (χ1n) is 8.30. The number of nitrogens with one attached hydrogen (secondary N) is 2. The molecule has 0 radical (unpaired) electrons. The van der Waals surface area contributed by atoms with Crippen LogP contribution in [0.15, 0.2) is 30.5 Å². The maximum absolute atomic E-state index is 14.3. The van der Waals surface area contributed by atoms with Crippen LogP contribution in [0.2, 0.25) is 0 Å². The summed E-state index contributed by atoms with van der Waals surface area (Å²) in [5.74, 6) is 0.0524. The fourth-order valence-electron chi connectivity index (χ4n) is 2.67. The van der Waals surface area contributed by atoms with Crippen molar-refractivity contribution in [2.75, 3.05) is 12.4 Å². The van der Waals surface area contributed by atoms with Gasteiger partial charge in [0.25, 0.3) is 0 Å². The lowest BCUT2D eigenvalue weighted by Gasteiger charge is -2.05. The Bertz CT molecular complexity index is 991. The van der Waals surface area contributed by atoms with E-state index < -0.39 is 5.82 Å². The average Bonchev–Trinajstić information content (AvgIpc) is 3.42. The van der Waals surface area contributed by atoms with Gasteiger partial charge in [-0.05, 0) is 42.7 Å². The largest absolute Gasteiger partial charge is 0.481 e. The molecule has 1 amide bonds. The topological polar surface area (TPSA) is 79.9 Å². The molecule has 0 saturated heterocycles. The number of hydrogen-bond acceptors (Lipinski definition) is 4. The number of hydrogen-bond donors (Lipinski definition) is 2. The van der Waals surface area contributed by atoms with E-state index in [0.29, 0.717) is 22.6 Å². The summed E-state index contributed by atoms with van der Waals surface area (Å²) in [4.78, 5) is 16.1. The van der Waals surface area contributed by atoms with E-state index in [2.05, 4.69) is 20.5 Å². The minimum atomic E-state index is -0.476. The van der Waals surface area contributed by atoms with Gasteiger partial charge in [-0.3, -0.25) is 9.89 Å². The van der Waals surface area contributed by atoms with Crippen LogP contribution in [0.1, 0.15) is 24.1 Å². The second kappa shape index (κ2) is 6.59. The third-order valence-electron chi connectivity index (χ3n) is 4.27. The molecule has 4 rings (SSSR count). The lowest BCUT2D eigenvalue weighted by Crippen LogP contribution is -2.13. The first kappa shape index (κ1) is 16.3. The van der Waals surface area contributed by atoms with Gasteiger partial charge in [0.15, 0.2) is 5.82 Å². The fraction of sp³-hybridized carbons (Fsp3) is 0.211. The number of rotatable bonds is 5. The van der Waals surface area contributed by atoms with Crippen LogP contribution in [0.25, 0.3) is 23.1 Å². The Morgan fingerprint density at radius 1 is 1.35 bits per heavy atom. The first-order chi connectivity index (χ1) is 12.6. The van der Waals surface area contributed by atoms with Gasteiger partial charge < -0.3 is 10.1 Å². The van der Waals surface area contributed by atoms with Gasteiger partial charge in [-0.25, -0.2) is 9.37 Å². The zero-order valence-electron chi connectivity index (χ0n) is 14.1. The molecule has 1 aliphatic carbocycles. The lowest BCUT2D eigenvalue weighted by molar-refractivity contribution is -0.117. The molecule has 0 spiro atoms. The number of ether oxygens (including phenoxy) is 1. The van der Waals surface area contributed by atoms with Crippen LogP contribution >= 0.6 is 0 Å². The summed E-state index contributed by atoms with van der Waals surface area (Å²) < 4.78 is 19.3. The number of aromatic nitrogens is 3. The van der Waals surface area contributed by atoms with E-state index in [4.69, 9.17) is 4.74 Å². The summed E-state index contributed by atoms with van der Waals surface area (Å²) >= 11 is 0. The van der Waals surface area contributed by atoms with Crippen molar-refractivity contribution in [2.45, 2.75) is 12.8 Å². The number of amides is 1. The standard InChI is InChI=1S/C19H17FN4O2/c1-26-17-7-3-11(10-21-17)2-6-16-14-8-13(22-19(25)12-4-5-12)9-15(20)18(14)24-23-16/h2-3,6-10,12H,4-5H2,1H3,(H,22,25)(H,23,24). The van der Waals surface area contributed by atoms with Crippen LogP contribution in [0.4, 0.5) is 10.1 Å². The van der Waals surface area contributed by atoms with Crippen molar-refractivity contribution in [3.63, 3.8) is 0 Å². The number of H-pyrrole nitrogens is 1. The zero-order chi connectivity index (χ0) is 18.1. The molecule has 2 aromatic heterocycles. The normalized spacial score (nSPS) is 14.1. The number of carbonyl (C=O) groups is 1. The second-order valence-corrected chi connectivity index (χ2v) is 6.22. The SMILES string of the molecule is COc1ccc(C=Cc2[nH]nc3c(F)cc(NC(=O)C4CC4)cc23)cn1. The van der Waals surface area contributed by atoms with Crippen LogP contribution in [0.3, 0.4) is 0 Å². The molecule has 2 N–H and O–H groups in total. The lowest BCUT2D eigenvalue weighted by atomic mass is 10.1. The number of anilines is 1. The van der Waals surface area contributed by atoms with Crippen molar-refractivity contribution < 1.29 is 13.9 Å². The Hall–Kier alpha value is -3.22. The number of carbonyl (C=O) groups excluding carboxylic acids is 1. The minimum Gasteiger partial charge on any atom is -0.481 e. The van der Waals surface area contributed by atoms with Gasteiger partial charge in [-0.15, -0.1) is 0 Å². The molecule has 26 heavy (non-hydrogen) atoms. The second-order valence-electron chi connectivity index (χ2n) is 6.22. The van der Waals surface area contributed by atoms with E-state index in [-0.39, 0.29) is 17.3 Å². The summed E-state index contributed by atoms with van der Waals surface area (Å²) in [6.07, 6.45) is 7.10. The van der Waals surface area contributed by atoms with Crippen molar-refractivity contribution in [3.8, 4) is 5.88 Å². The Balaban J connectivity index is 1.62. The number of halogens is 1. The highest BCUT2D eigenvalue weighted by Gasteiger charge is 2.29. The monoisotopic (exact) mass is 352 g/mol. The van der Waals surface area contributed by atoms with Crippen LogP contribution in [0, 0.1) is 11.7 Å². The molecule has 1 aliphatic rings. The number of methoxy groups -OCH3 is 1. The summed E-state index contributed by atoms with van der Waals surface area (Å²) in [6.45, 7) is 0. The Kier molecular flexibility index (Phi) is 4.12. The summed E-state index contributed by atoms with van der Waals surface area (Å²) in [5.41, 5.74) is 2.19. The Labute approximate surface area is 149 Å². The maximum atomic E-state index is 14.3. The molecule has 132 valence electrons. The van der Waals surface area contributed by atoms with E-state index in [1.807, 2.05) is 12.1 Å². The molecule has 0 bridgehead atoms. The van der Waals surface area contributed by atoms with Crippen LogP contribution in [-0.4, -0.2) is 28.2 Å². The van der Waals surface area contributed by atoms with Crippen LogP contribution in [-0.2, 0) is 4.79 Å². The summed E-state index contributed by atoms with van der Waals surface area (Å²) in [7, 11) is 1.56. The molecule has 0 aliphatic heterocycles. The minimum absolute atomic E-state index is 0.0556. The fourth-order valence-corrected chi connectivity index (χ4v) is 2.67. The molecule has 1 aromatic carbocycles. The number of pyridine rings is 1. The third-order valence-corrected chi connectivity index (χ3v) is 4.27. The summed E-state index contributed by atoms with van der Waals surface area (Å²) in [6, 6.07) is 6.65. The molecular weight excluding hydrogens is 335 g/mol. The van der Waals surface area contributed by atoms with Gasteiger partial charge in [-0.2, -0.15) is 5.10 Å². The van der Waals surface area contributed by atoms with Gasteiger partial charge in [0.2, 0.25) is 11.8 Å². The van der Waals surface area contributed by atoms with Crippen molar-refractivity contribution in [1.29, 1.82) is 0 Å². The molecule has 0 atom stereocenters. The number of nitrogens with zero attached hydrogens (tertiary/aromatic N) is 2. The highest BCUT2D eigenvalue weighted by atomic mass is 19.1. The molecule has 1 saturated carbocycles. The summed E-state index contributed by atoms with van der Waals surface area (Å²) in [5, 5.41) is 10.2. The van der Waals surface area contributed by atoms with Crippen molar-refractivity contribution in [3.05, 3.63) is 47.5 Å². The zero-order valence-corrected chi connectivity index (χ0v) is 14.1. The molecule has 6 nitrogen and oxygen atoms in total. The van der Waals surface area contributed by atoms with E-state index in [0.717, 1.165) is 18.4 Å². The number of benzene rings is 1. The van der Waals surface area contributed by atoms with Gasteiger partial charge >= 0.3 is 0 Å². The highest BCUT2D eigenvalue weighted by Crippen LogP contribution is 2.31. The van der Waals surface area contributed by atoms with E-state index in [1.165, 1.54) is 6.07 Å². The average molecular weight is 352 g/mol. The van der Waals surface area contributed by atoms with Crippen molar-refractivity contribution in [2.24, 2.45) is 5.92 Å². The quantitative estimate of drug-likeness (QED) is 0.735. The van der Waals surface area contributed by atoms with E-state index in [1.54, 1.807) is 31.5 Å². The molecule has 3 aromatic rings. The predicted molar refractivity (Wildman–Crippen MR) is 97.1 cm³/mol. The molecule has 2 heterocycles. The maximum Gasteiger partial charge on any atom is 0.227 e. The molecular formula is C19H17FN4O2. The molecule has 0 unspecified atom stereocenters. The predicted octanol–water partition coefficient (Wildman–Crippen LogP) is 3.62. The Morgan fingerprint density at radius 3 is 2.88 bits per heavy atom. The van der Waals surface area contributed by atoms with Gasteiger partial charge in [-0.1, -0.05) is 6.08 Å². The van der Waals surface area contributed by atoms with E-state index >= 15 is 0 Å². The third kappa shape index (κ3) is 3.28. The highest BCUT2D eigenvalue weighted by molar-refractivity contribution is 5.98. The van der Waals surface area contributed by atoms with Crippen LogP contribution in [0.5, 0.6) is 5.88 Å². The van der Waals surface area contributed by atoms with Crippen molar-refractivity contribution >= 4 is 34.6 Å². The first-order valence-corrected chi connectivity index (χ1v) is 8.30. The number of aromatic amines is 1. The smallest absolute Gasteiger partial charge is 0.227 e.